The van der Waals surface area contributed by atoms with Crippen molar-refractivity contribution in [3.05, 3.63) is 12.2 Å². The first kappa shape index (κ1) is 9.92. The van der Waals surface area contributed by atoms with Gasteiger partial charge in [0.05, 0.1) is 0 Å². The Labute approximate surface area is 76.2 Å². The second-order valence-corrected chi connectivity index (χ2v) is 3.81. The number of ether oxygens (including phenoxy) is 1. The molecular weight excluding hydrogens is 172 g/mol. The number of hydrogen-bond acceptors (Lipinski definition) is 4. The molecule has 4 heteroatoms. The number of rotatable bonds is 2. The highest BCUT2D eigenvalue weighted by molar-refractivity contribution is 5.95. The summed E-state index contributed by atoms with van der Waals surface area (Å²) >= 11 is 0. The molecule has 0 aromatic carbocycles. The minimum Gasteiger partial charge on any atom is -0.463 e. The van der Waals surface area contributed by atoms with Gasteiger partial charge in [-0.25, -0.2) is 4.79 Å². The lowest BCUT2D eigenvalue weighted by molar-refractivity contribution is -0.152. The van der Waals surface area contributed by atoms with Gasteiger partial charge in [-0.15, -0.1) is 0 Å². The highest BCUT2D eigenvalue weighted by Crippen LogP contribution is 2.41. The number of aliphatic hydroxyl groups is 1. The van der Waals surface area contributed by atoms with Crippen LogP contribution in [-0.2, 0) is 14.3 Å². The molecular formula is C9H12O4. The Morgan fingerprint density at radius 2 is 2.23 bits per heavy atom. The van der Waals surface area contributed by atoms with Gasteiger partial charge in [0.1, 0.15) is 12.9 Å². The molecule has 1 atom stereocenters. The van der Waals surface area contributed by atoms with Crippen LogP contribution in [-0.4, -0.2) is 29.6 Å². The SMILES string of the molecule is C=C(C=O)C1(O)C(=O)OCC1(C)C. The monoisotopic (exact) mass is 184 g/mol. The molecule has 72 valence electrons. The normalized spacial score (nSPS) is 31.2. The van der Waals surface area contributed by atoms with E-state index < -0.39 is 17.0 Å². The summed E-state index contributed by atoms with van der Waals surface area (Å²) in [6, 6.07) is 0. The van der Waals surface area contributed by atoms with Crippen LogP contribution in [0.4, 0.5) is 0 Å². The van der Waals surface area contributed by atoms with Gasteiger partial charge in [0.25, 0.3) is 0 Å². The maximum Gasteiger partial charge on any atom is 0.343 e. The quantitative estimate of drug-likeness (QED) is 0.374. The Hall–Kier alpha value is -1.16. The molecule has 1 rings (SSSR count). The molecule has 0 aromatic rings. The van der Waals surface area contributed by atoms with Crippen LogP contribution in [0.2, 0.25) is 0 Å². The molecule has 1 fully saturated rings. The van der Waals surface area contributed by atoms with Crippen LogP contribution in [0.15, 0.2) is 12.2 Å². The standard InChI is InChI=1S/C9H12O4/c1-6(4-10)9(12)7(11)13-5-8(9,2)3/h4,12H,1,5H2,2-3H3. The summed E-state index contributed by atoms with van der Waals surface area (Å²) < 4.78 is 4.70. The van der Waals surface area contributed by atoms with E-state index in [1.54, 1.807) is 13.8 Å². The van der Waals surface area contributed by atoms with E-state index in [4.69, 9.17) is 4.74 Å². The van der Waals surface area contributed by atoms with E-state index >= 15 is 0 Å². The van der Waals surface area contributed by atoms with E-state index in [1.807, 2.05) is 0 Å². The van der Waals surface area contributed by atoms with Gasteiger partial charge < -0.3 is 9.84 Å². The third-order valence-corrected chi connectivity index (χ3v) is 2.45. The molecule has 1 aliphatic heterocycles. The van der Waals surface area contributed by atoms with E-state index in [1.165, 1.54) is 0 Å². The van der Waals surface area contributed by atoms with Gasteiger partial charge in [-0.1, -0.05) is 20.4 Å². The van der Waals surface area contributed by atoms with Crippen LogP contribution in [0.5, 0.6) is 0 Å². The summed E-state index contributed by atoms with van der Waals surface area (Å²) in [7, 11) is 0. The fraction of sp³-hybridized carbons (Fsp3) is 0.556. The fourth-order valence-electron chi connectivity index (χ4n) is 1.38. The molecule has 1 unspecified atom stereocenters. The average molecular weight is 184 g/mol. The van der Waals surface area contributed by atoms with Gasteiger partial charge in [-0.2, -0.15) is 0 Å². The van der Waals surface area contributed by atoms with Crippen molar-refractivity contribution in [2.24, 2.45) is 5.41 Å². The highest BCUT2D eigenvalue weighted by Gasteiger charge is 2.58. The zero-order chi connectivity index (χ0) is 10.3. The largest absolute Gasteiger partial charge is 0.463 e. The third kappa shape index (κ3) is 1.09. The summed E-state index contributed by atoms with van der Waals surface area (Å²) in [6.07, 6.45) is 0.383. The van der Waals surface area contributed by atoms with Crippen molar-refractivity contribution in [2.45, 2.75) is 19.4 Å². The minimum atomic E-state index is -1.87. The average Bonchev–Trinajstić information content (AvgIpc) is 2.29. The van der Waals surface area contributed by atoms with Crippen LogP contribution >= 0.6 is 0 Å². The molecule has 1 heterocycles. The first-order valence-electron chi connectivity index (χ1n) is 3.90. The number of carbonyl (C=O) groups is 2. The van der Waals surface area contributed by atoms with Crippen LogP contribution in [0.3, 0.4) is 0 Å². The molecule has 13 heavy (non-hydrogen) atoms. The molecule has 0 spiro atoms. The highest BCUT2D eigenvalue weighted by atomic mass is 16.6. The van der Waals surface area contributed by atoms with E-state index in [0.717, 1.165) is 0 Å². The lowest BCUT2D eigenvalue weighted by Crippen LogP contribution is -2.48. The van der Waals surface area contributed by atoms with Crippen molar-refractivity contribution in [3.63, 3.8) is 0 Å². The number of carbonyl (C=O) groups excluding carboxylic acids is 2. The van der Waals surface area contributed by atoms with Crippen molar-refractivity contribution in [1.29, 1.82) is 0 Å². The first-order valence-corrected chi connectivity index (χ1v) is 3.90. The smallest absolute Gasteiger partial charge is 0.343 e. The summed E-state index contributed by atoms with van der Waals surface area (Å²) in [5, 5.41) is 9.95. The van der Waals surface area contributed by atoms with E-state index in [-0.39, 0.29) is 12.2 Å². The van der Waals surface area contributed by atoms with Crippen LogP contribution in [0.1, 0.15) is 13.8 Å². The molecule has 1 aliphatic rings. The topological polar surface area (TPSA) is 63.6 Å². The number of hydrogen-bond donors (Lipinski definition) is 1. The predicted molar refractivity (Wildman–Crippen MR) is 44.9 cm³/mol. The Morgan fingerprint density at radius 3 is 2.54 bits per heavy atom. The van der Waals surface area contributed by atoms with E-state index in [9.17, 15) is 14.7 Å². The zero-order valence-corrected chi connectivity index (χ0v) is 7.66. The summed E-state index contributed by atoms with van der Waals surface area (Å²) in [5.41, 5.74) is -2.82. The molecule has 0 aromatic heterocycles. The van der Waals surface area contributed by atoms with Crippen LogP contribution < -0.4 is 0 Å². The number of cyclic esters (lactones) is 1. The van der Waals surface area contributed by atoms with Gasteiger partial charge in [0.2, 0.25) is 0 Å². The molecule has 0 bridgehead atoms. The van der Waals surface area contributed by atoms with Crippen molar-refractivity contribution in [2.75, 3.05) is 6.61 Å². The summed E-state index contributed by atoms with van der Waals surface area (Å²) in [4.78, 5) is 21.7. The molecule has 0 radical (unpaired) electrons. The number of aldehydes is 1. The van der Waals surface area contributed by atoms with E-state index in [0.29, 0.717) is 6.29 Å². The van der Waals surface area contributed by atoms with Crippen LogP contribution in [0, 0.1) is 5.41 Å². The second kappa shape index (κ2) is 2.67. The Bertz CT molecular complexity index is 279. The van der Waals surface area contributed by atoms with Crippen molar-refractivity contribution in [1.82, 2.24) is 0 Å². The first-order chi connectivity index (χ1) is 5.86. The molecule has 1 saturated heterocycles. The minimum absolute atomic E-state index is 0.0925. The van der Waals surface area contributed by atoms with Crippen molar-refractivity contribution in [3.8, 4) is 0 Å². The molecule has 0 aliphatic carbocycles. The lowest BCUT2D eigenvalue weighted by Gasteiger charge is -2.30. The summed E-state index contributed by atoms with van der Waals surface area (Å²) in [6.45, 7) is 6.74. The molecule has 0 saturated carbocycles. The van der Waals surface area contributed by atoms with E-state index in [2.05, 4.69) is 6.58 Å². The van der Waals surface area contributed by atoms with Gasteiger partial charge in [-0.3, -0.25) is 4.79 Å². The third-order valence-electron chi connectivity index (χ3n) is 2.45. The maximum absolute atomic E-state index is 11.2. The van der Waals surface area contributed by atoms with Gasteiger partial charge >= 0.3 is 5.97 Å². The maximum atomic E-state index is 11.2. The van der Waals surface area contributed by atoms with Gasteiger partial charge in [0, 0.05) is 11.0 Å². The fourth-order valence-corrected chi connectivity index (χ4v) is 1.38. The zero-order valence-electron chi connectivity index (χ0n) is 7.66. The van der Waals surface area contributed by atoms with Gasteiger partial charge in [0.15, 0.2) is 5.60 Å². The molecule has 1 N–H and O–H groups in total. The summed E-state index contributed by atoms with van der Waals surface area (Å²) in [5.74, 6) is -0.797. The molecule has 4 nitrogen and oxygen atoms in total. The molecule has 0 amide bonds. The predicted octanol–water partition coefficient (Wildman–Crippen LogP) is 0.0556. The van der Waals surface area contributed by atoms with Crippen molar-refractivity contribution >= 4 is 12.3 Å². The van der Waals surface area contributed by atoms with Gasteiger partial charge in [-0.05, 0) is 0 Å². The Balaban J connectivity index is 3.18. The Morgan fingerprint density at radius 1 is 1.69 bits per heavy atom. The van der Waals surface area contributed by atoms with Crippen molar-refractivity contribution < 1.29 is 19.4 Å². The lowest BCUT2D eigenvalue weighted by atomic mass is 9.73. The van der Waals surface area contributed by atoms with Crippen LogP contribution in [0.25, 0.3) is 0 Å². The Kier molecular flexibility index (Phi) is 2.04. The number of esters is 1. The second-order valence-electron chi connectivity index (χ2n) is 3.81.